The normalized spacial score (nSPS) is 10.9. The molecule has 3 rings (SSSR count). The highest BCUT2D eigenvalue weighted by atomic mass is 16.5. The second-order valence-corrected chi connectivity index (χ2v) is 4.32. The molecule has 1 N–H and O–H groups in total. The minimum atomic E-state index is -0.504. The van der Waals surface area contributed by atoms with Crippen LogP contribution in [0.15, 0.2) is 39.5 Å². The molecule has 0 saturated carbocycles. The molecule has 0 radical (unpaired) electrons. The number of hydrogen-bond donors (Lipinski definition) is 1. The van der Waals surface area contributed by atoms with Crippen molar-refractivity contribution >= 4 is 21.7 Å². The van der Waals surface area contributed by atoms with Crippen molar-refractivity contribution in [3.05, 3.63) is 40.8 Å². The van der Waals surface area contributed by atoms with Gasteiger partial charge in [-0.05, 0) is 18.2 Å². The molecule has 0 unspecified atom stereocenters. The molecule has 0 atom stereocenters. The third-order valence-electron chi connectivity index (χ3n) is 3.19. The predicted molar refractivity (Wildman–Crippen MR) is 74.8 cm³/mol. The van der Waals surface area contributed by atoms with Gasteiger partial charge in [0.1, 0.15) is 22.8 Å². The van der Waals surface area contributed by atoms with Gasteiger partial charge in [0, 0.05) is 22.9 Å². The SMILES string of the molecule is COc1cc(OC)c2c(c1)c(=O)oc1cc(O)ccc12. The lowest BCUT2D eigenvalue weighted by molar-refractivity contribution is 0.397. The molecule has 0 aliphatic heterocycles. The van der Waals surface area contributed by atoms with E-state index in [1.165, 1.54) is 26.4 Å². The third kappa shape index (κ3) is 1.75. The molecule has 0 aliphatic rings. The van der Waals surface area contributed by atoms with E-state index in [0.29, 0.717) is 33.2 Å². The number of aromatic hydroxyl groups is 1. The molecule has 0 bridgehead atoms. The van der Waals surface area contributed by atoms with Gasteiger partial charge in [-0.15, -0.1) is 0 Å². The van der Waals surface area contributed by atoms with Gasteiger partial charge in [-0.3, -0.25) is 0 Å². The standard InChI is InChI=1S/C15H12O5/c1-18-9-6-11-14(13(7-9)19-2)10-4-3-8(16)5-12(10)20-15(11)17/h3-7,16H,1-2H3. The molecule has 0 saturated heterocycles. The summed E-state index contributed by atoms with van der Waals surface area (Å²) < 4.78 is 15.7. The molecule has 5 heteroatoms. The van der Waals surface area contributed by atoms with Gasteiger partial charge in [0.2, 0.25) is 0 Å². The molecule has 0 aliphatic carbocycles. The fraction of sp³-hybridized carbons (Fsp3) is 0.133. The summed E-state index contributed by atoms with van der Waals surface area (Å²) in [6.07, 6.45) is 0. The monoisotopic (exact) mass is 272 g/mol. The zero-order chi connectivity index (χ0) is 14.3. The minimum absolute atomic E-state index is 0.0347. The maximum Gasteiger partial charge on any atom is 0.344 e. The Balaban J connectivity index is 2.57. The Kier molecular flexibility index (Phi) is 2.75. The van der Waals surface area contributed by atoms with Crippen molar-refractivity contribution < 1.29 is 19.0 Å². The molecule has 20 heavy (non-hydrogen) atoms. The van der Waals surface area contributed by atoms with Crippen molar-refractivity contribution in [2.45, 2.75) is 0 Å². The maximum atomic E-state index is 12.1. The van der Waals surface area contributed by atoms with E-state index in [1.54, 1.807) is 18.2 Å². The highest BCUT2D eigenvalue weighted by Crippen LogP contribution is 2.35. The van der Waals surface area contributed by atoms with Gasteiger partial charge in [0.05, 0.1) is 19.6 Å². The number of rotatable bonds is 2. The Bertz CT molecular complexity index is 863. The average Bonchev–Trinajstić information content (AvgIpc) is 2.46. The zero-order valence-electron chi connectivity index (χ0n) is 11.0. The first-order chi connectivity index (χ1) is 9.63. The Morgan fingerprint density at radius 2 is 1.85 bits per heavy atom. The molecule has 1 aromatic heterocycles. The lowest BCUT2D eigenvalue weighted by Gasteiger charge is -2.10. The average molecular weight is 272 g/mol. The van der Waals surface area contributed by atoms with E-state index in [0.717, 1.165) is 0 Å². The Hall–Kier alpha value is -2.69. The highest BCUT2D eigenvalue weighted by molar-refractivity contribution is 6.08. The fourth-order valence-corrected chi connectivity index (χ4v) is 2.26. The predicted octanol–water partition coefficient (Wildman–Crippen LogP) is 2.67. The Morgan fingerprint density at radius 1 is 1.05 bits per heavy atom. The van der Waals surface area contributed by atoms with Crippen LogP contribution in [0.4, 0.5) is 0 Å². The number of fused-ring (bicyclic) bond motifs is 3. The topological polar surface area (TPSA) is 68.9 Å². The zero-order valence-corrected chi connectivity index (χ0v) is 11.0. The molecule has 0 amide bonds. The summed E-state index contributed by atoms with van der Waals surface area (Å²) in [7, 11) is 3.04. The number of phenolic OH excluding ortho intramolecular Hbond substituents is 1. The first-order valence-electron chi connectivity index (χ1n) is 5.95. The molecule has 102 valence electrons. The lowest BCUT2D eigenvalue weighted by Crippen LogP contribution is -2.02. The second kappa shape index (κ2) is 4.45. The molecular weight excluding hydrogens is 260 g/mol. The highest BCUT2D eigenvalue weighted by Gasteiger charge is 2.14. The maximum absolute atomic E-state index is 12.1. The van der Waals surface area contributed by atoms with Crippen LogP contribution >= 0.6 is 0 Å². The van der Waals surface area contributed by atoms with Crippen LogP contribution in [0.3, 0.4) is 0 Å². The molecule has 0 fully saturated rings. The van der Waals surface area contributed by atoms with Crippen molar-refractivity contribution in [3.63, 3.8) is 0 Å². The van der Waals surface area contributed by atoms with Crippen molar-refractivity contribution in [2.24, 2.45) is 0 Å². The van der Waals surface area contributed by atoms with Gasteiger partial charge in [-0.2, -0.15) is 0 Å². The van der Waals surface area contributed by atoms with Gasteiger partial charge in [0.25, 0.3) is 0 Å². The van der Waals surface area contributed by atoms with E-state index < -0.39 is 5.63 Å². The Labute approximate surface area is 114 Å². The van der Waals surface area contributed by atoms with E-state index in [2.05, 4.69) is 0 Å². The van der Waals surface area contributed by atoms with Crippen LogP contribution in [0.5, 0.6) is 17.2 Å². The molecule has 2 aromatic carbocycles. The summed E-state index contributed by atoms with van der Waals surface area (Å²) >= 11 is 0. The first-order valence-corrected chi connectivity index (χ1v) is 5.95. The van der Waals surface area contributed by atoms with E-state index >= 15 is 0 Å². The van der Waals surface area contributed by atoms with Crippen LogP contribution in [0.2, 0.25) is 0 Å². The quantitative estimate of drug-likeness (QED) is 0.573. The molecule has 5 nitrogen and oxygen atoms in total. The molecule has 3 aromatic rings. The summed E-state index contributed by atoms with van der Waals surface area (Å²) in [6.45, 7) is 0. The van der Waals surface area contributed by atoms with Crippen molar-refractivity contribution in [1.82, 2.24) is 0 Å². The second-order valence-electron chi connectivity index (χ2n) is 4.32. The number of benzene rings is 2. The fourth-order valence-electron chi connectivity index (χ4n) is 2.26. The minimum Gasteiger partial charge on any atom is -0.508 e. The van der Waals surface area contributed by atoms with E-state index in [4.69, 9.17) is 13.9 Å². The number of phenols is 1. The summed E-state index contributed by atoms with van der Waals surface area (Å²) in [5, 5.41) is 11.2. The van der Waals surface area contributed by atoms with Gasteiger partial charge in [-0.25, -0.2) is 4.79 Å². The number of methoxy groups -OCH3 is 2. The third-order valence-corrected chi connectivity index (χ3v) is 3.19. The molecule has 0 spiro atoms. The van der Waals surface area contributed by atoms with Crippen molar-refractivity contribution in [1.29, 1.82) is 0 Å². The number of hydrogen-bond acceptors (Lipinski definition) is 5. The largest absolute Gasteiger partial charge is 0.508 e. The smallest absolute Gasteiger partial charge is 0.344 e. The summed E-state index contributed by atoms with van der Waals surface area (Å²) in [5.41, 5.74) is -0.193. The number of ether oxygens (including phenoxy) is 2. The van der Waals surface area contributed by atoms with Crippen LogP contribution in [0.25, 0.3) is 21.7 Å². The van der Waals surface area contributed by atoms with Crippen LogP contribution in [0, 0.1) is 0 Å². The molecular formula is C15H12O5. The van der Waals surface area contributed by atoms with Gasteiger partial charge in [0.15, 0.2) is 0 Å². The van der Waals surface area contributed by atoms with Crippen LogP contribution in [-0.2, 0) is 0 Å². The van der Waals surface area contributed by atoms with Gasteiger partial charge in [-0.1, -0.05) is 0 Å². The van der Waals surface area contributed by atoms with Crippen molar-refractivity contribution in [3.8, 4) is 17.2 Å². The van der Waals surface area contributed by atoms with Crippen molar-refractivity contribution in [2.75, 3.05) is 14.2 Å². The van der Waals surface area contributed by atoms with E-state index in [1.807, 2.05) is 0 Å². The first kappa shape index (κ1) is 12.3. The lowest BCUT2D eigenvalue weighted by atomic mass is 10.1. The van der Waals surface area contributed by atoms with Gasteiger partial charge >= 0.3 is 5.63 Å². The van der Waals surface area contributed by atoms with Gasteiger partial charge < -0.3 is 19.0 Å². The van der Waals surface area contributed by atoms with E-state index in [9.17, 15) is 9.90 Å². The summed E-state index contributed by atoms with van der Waals surface area (Å²) in [4.78, 5) is 12.1. The van der Waals surface area contributed by atoms with Crippen LogP contribution < -0.4 is 15.1 Å². The van der Waals surface area contributed by atoms with Crippen LogP contribution in [-0.4, -0.2) is 19.3 Å². The summed E-state index contributed by atoms with van der Waals surface area (Å²) in [5.74, 6) is 1.06. The molecule has 1 heterocycles. The van der Waals surface area contributed by atoms with E-state index in [-0.39, 0.29) is 5.75 Å². The van der Waals surface area contributed by atoms with Crippen LogP contribution in [0.1, 0.15) is 0 Å². The summed E-state index contributed by atoms with van der Waals surface area (Å²) in [6, 6.07) is 7.93. The Morgan fingerprint density at radius 3 is 2.55 bits per heavy atom.